The number of anilines is 1. The highest BCUT2D eigenvalue weighted by Gasteiger charge is 2.33. The van der Waals surface area contributed by atoms with Crippen LogP contribution in [0.4, 0.5) is 5.69 Å². The first-order valence-corrected chi connectivity index (χ1v) is 14.1. The predicted octanol–water partition coefficient (Wildman–Crippen LogP) is 4.82. The SMILES string of the molecule is CCS(=O)(=O)c1cccc2c1-c1ccc(NS(C)(=O)=O)cc1C(c1ccc(Br)s1)O2. The molecule has 0 fully saturated rings. The molecule has 2 aromatic carbocycles. The number of hydrogen-bond donors (Lipinski definition) is 1. The second-order valence-corrected chi connectivity index (χ2v) is 13.3. The van der Waals surface area contributed by atoms with Gasteiger partial charge in [0.2, 0.25) is 10.0 Å². The number of benzene rings is 2. The Morgan fingerprint density at radius 3 is 2.50 bits per heavy atom. The second kappa shape index (κ2) is 7.67. The number of sulfonamides is 1. The largest absolute Gasteiger partial charge is 0.479 e. The van der Waals surface area contributed by atoms with Crippen molar-refractivity contribution in [1.82, 2.24) is 0 Å². The maximum Gasteiger partial charge on any atom is 0.229 e. The van der Waals surface area contributed by atoms with Gasteiger partial charge in [-0.2, -0.15) is 0 Å². The Labute approximate surface area is 188 Å². The predicted molar refractivity (Wildman–Crippen MR) is 123 cm³/mol. The summed E-state index contributed by atoms with van der Waals surface area (Å²) < 4.78 is 58.6. The third-order valence-corrected chi connectivity index (χ3v) is 8.75. The Balaban J connectivity index is 1.98. The van der Waals surface area contributed by atoms with E-state index < -0.39 is 26.0 Å². The first-order chi connectivity index (χ1) is 14.1. The van der Waals surface area contributed by atoms with Crippen LogP contribution in [0.25, 0.3) is 11.1 Å². The Kier molecular flexibility index (Phi) is 5.46. The molecule has 1 aromatic heterocycles. The Morgan fingerprint density at radius 1 is 1.10 bits per heavy atom. The van der Waals surface area contributed by atoms with E-state index in [4.69, 9.17) is 4.74 Å². The smallest absolute Gasteiger partial charge is 0.229 e. The molecule has 0 radical (unpaired) electrons. The summed E-state index contributed by atoms with van der Waals surface area (Å²) >= 11 is 4.96. The van der Waals surface area contributed by atoms with Crippen LogP contribution in [0.2, 0.25) is 0 Å². The van der Waals surface area contributed by atoms with E-state index in [0.29, 0.717) is 28.1 Å². The zero-order chi connectivity index (χ0) is 21.7. The minimum Gasteiger partial charge on any atom is -0.479 e. The molecule has 1 atom stereocenters. The Hall–Kier alpha value is -1.88. The summed E-state index contributed by atoms with van der Waals surface area (Å²) in [6.45, 7) is 1.60. The molecule has 0 spiro atoms. The molecular weight excluding hydrogens is 510 g/mol. The van der Waals surface area contributed by atoms with E-state index in [0.717, 1.165) is 14.9 Å². The van der Waals surface area contributed by atoms with Crippen molar-refractivity contribution in [3.8, 4) is 16.9 Å². The summed E-state index contributed by atoms with van der Waals surface area (Å²) in [6, 6.07) is 13.9. The second-order valence-electron chi connectivity index (χ2n) is 6.85. The first kappa shape index (κ1) is 21.4. The molecule has 1 N–H and O–H groups in total. The summed E-state index contributed by atoms with van der Waals surface area (Å²) in [7, 11) is -6.96. The molecule has 3 aromatic rings. The molecule has 0 amide bonds. The number of nitrogens with one attached hydrogen (secondary N) is 1. The van der Waals surface area contributed by atoms with Gasteiger partial charge in [-0.15, -0.1) is 11.3 Å². The van der Waals surface area contributed by atoms with Gasteiger partial charge in [0.1, 0.15) is 5.75 Å². The van der Waals surface area contributed by atoms with Gasteiger partial charge in [0.15, 0.2) is 15.9 Å². The minimum atomic E-state index is -3.50. The molecule has 0 saturated heterocycles. The number of sulfone groups is 1. The lowest BCUT2D eigenvalue weighted by atomic mass is 9.91. The van der Waals surface area contributed by atoms with Crippen LogP contribution in [0.5, 0.6) is 5.75 Å². The van der Waals surface area contributed by atoms with E-state index in [1.165, 1.54) is 11.3 Å². The van der Waals surface area contributed by atoms with Crippen molar-refractivity contribution in [2.75, 3.05) is 16.7 Å². The van der Waals surface area contributed by atoms with E-state index >= 15 is 0 Å². The third kappa shape index (κ3) is 4.01. The zero-order valence-electron chi connectivity index (χ0n) is 16.0. The fourth-order valence-corrected chi connectivity index (χ4v) is 6.59. The van der Waals surface area contributed by atoms with Gasteiger partial charge in [0.25, 0.3) is 0 Å². The highest BCUT2D eigenvalue weighted by atomic mass is 79.9. The number of hydrogen-bond acceptors (Lipinski definition) is 6. The normalized spacial score (nSPS) is 15.8. The molecule has 10 heteroatoms. The summed E-state index contributed by atoms with van der Waals surface area (Å²) in [5.74, 6) is 0.448. The highest BCUT2D eigenvalue weighted by Crippen LogP contribution is 2.49. The third-order valence-electron chi connectivity index (χ3n) is 4.71. The van der Waals surface area contributed by atoms with Gasteiger partial charge in [-0.25, -0.2) is 16.8 Å². The summed E-state index contributed by atoms with van der Waals surface area (Å²) in [5.41, 5.74) is 2.30. The van der Waals surface area contributed by atoms with Crippen LogP contribution in [0.1, 0.15) is 23.5 Å². The van der Waals surface area contributed by atoms with Crippen LogP contribution < -0.4 is 9.46 Å². The number of thiophene rings is 1. The molecule has 1 aliphatic heterocycles. The van der Waals surface area contributed by atoms with Crippen molar-refractivity contribution in [2.45, 2.75) is 17.9 Å². The molecule has 0 bridgehead atoms. The van der Waals surface area contributed by atoms with Crippen LogP contribution in [0.3, 0.4) is 0 Å². The van der Waals surface area contributed by atoms with Crippen molar-refractivity contribution in [3.63, 3.8) is 0 Å². The fourth-order valence-electron chi connectivity index (χ4n) is 3.45. The lowest BCUT2D eigenvalue weighted by Crippen LogP contribution is -2.18. The van der Waals surface area contributed by atoms with E-state index in [1.54, 1.807) is 43.3 Å². The van der Waals surface area contributed by atoms with E-state index in [9.17, 15) is 16.8 Å². The number of halogens is 1. The molecule has 0 aliphatic carbocycles. The summed E-state index contributed by atoms with van der Waals surface area (Å²) in [4.78, 5) is 1.12. The van der Waals surface area contributed by atoms with Crippen LogP contribution in [-0.4, -0.2) is 28.8 Å². The van der Waals surface area contributed by atoms with Crippen LogP contribution in [-0.2, 0) is 19.9 Å². The molecular formula is C20H18BrNO5S3. The summed E-state index contributed by atoms with van der Waals surface area (Å²) in [5, 5.41) is 0. The Morgan fingerprint density at radius 2 is 1.87 bits per heavy atom. The lowest BCUT2D eigenvalue weighted by Gasteiger charge is -2.30. The standard InChI is InChI=1S/C20H18BrNO5S3/c1-3-30(25,26)17-6-4-5-15-19(17)13-8-7-12(22-29(2,23)24)11-14(13)20(27-15)16-9-10-18(21)28-16/h4-11,20,22H,3H2,1-2H3. The number of fused-ring (bicyclic) bond motifs is 3. The fraction of sp³-hybridized carbons (Fsp3) is 0.200. The topological polar surface area (TPSA) is 89.5 Å². The van der Waals surface area contributed by atoms with Crippen molar-refractivity contribution in [1.29, 1.82) is 0 Å². The van der Waals surface area contributed by atoms with Gasteiger partial charge < -0.3 is 4.74 Å². The number of ether oxygens (including phenoxy) is 1. The highest BCUT2D eigenvalue weighted by molar-refractivity contribution is 9.11. The van der Waals surface area contributed by atoms with Gasteiger partial charge in [-0.05, 0) is 57.9 Å². The average molecular weight is 528 g/mol. The van der Waals surface area contributed by atoms with Gasteiger partial charge in [-0.3, -0.25) is 4.72 Å². The van der Waals surface area contributed by atoms with Crippen molar-refractivity contribution in [3.05, 3.63) is 62.8 Å². The van der Waals surface area contributed by atoms with E-state index in [1.807, 2.05) is 12.1 Å². The van der Waals surface area contributed by atoms with Crippen molar-refractivity contribution in [2.24, 2.45) is 0 Å². The minimum absolute atomic E-state index is 0.0339. The van der Waals surface area contributed by atoms with E-state index in [-0.39, 0.29) is 10.6 Å². The zero-order valence-corrected chi connectivity index (χ0v) is 20.1. The molecule has 2 heterocycles. The van der Waals surface area contributed by atoms with Crippen molar-refractivity contribution < 1.29 is 21.6 Å². The lowest BCUT2D eigenvalue weighted by molar-refractivity contribution is 0.246. The van der Waals surface area contributed by atoms with Crippen molar-refractivity contribution >= 4 is 52.8 Å². The average Bonchev–Trinajstić information content (AvgIpc) is 3.11. The van der Waals surface area contributed by atoms with Crippen LogP contribution in [0.15, 0.2) is 57.2 Å². The monoisotopic (exact) mass is 527 g/mol. The van der Waals surface area contributed by atoms with E-state index in [2.05, 4.69) is 20.7 Å². The molecule has 30 heavy (non-hydrogen) atoms. The Bertz CT molecular complexity index is 1350. The van der Waals surface area contributed by atoms with Gasteiger partial charge >= 0.3 is 0 Å². The van der Waals surface area contributed by atoms with Crippen LogP contribution >= 0.6 is 27.3 Å². The summed E-state index contributed by atoms with van der Waals surface area (Å²) in [6.07, 6.45) is 0.586. The maximum atomic E-state index is 12.7. The number of rotatable bonds is 5. The molecule has 6 nitrogen and oxygen atoms in total. The molecule has 4 rings (SSSR count). The molecule has 1 unspecified atom stereocenters. The molecule has 1 aliphatic rings. The quantitative estimate of drug-likeness (QED) is 0.513. The van der Waals surface area contributed by atoms with Gasteiger partial charge in [0.05, 0.1) is 25.6 Å². The van der Waals surface area contributed by atoms with Gasteiger partial charge in [-0.1, -0.05) is 19.1 Å². The van der Waals surface area contributed by atoms with Gasteiger partial charge in [0, 0.05) is 16.8 Å². The first-order valence-electron chi connectivity index (χ1n) is 8.99. The maximum absolute atomic E-state index is 12.7. The molecule has 158 valence electrons. The van der Waals surface area contributed by atoms with Crippen LogP contribution in [0, 0.1) is 0 Å². The molecule has 0 saturated carbocycles.